The third-order valence-electron chi connectivity index (χ3n) is 4.31. The molecule has 3 aromatic rings. The highest BCUT2D eigenvalue weighted by Gasteiger charge is 2.16. The Bertz CT molecular complexity index is 992. The van der Waals surface area contributed by atoms with Crippen molar-refractivity contribution in [2.75, 3.05) is 11.9 Å². The number of carbonyl (C=O) groups excluding carboxylic acids is 1. The van der Waals surface area contributed by atoms with Gasteiger partial charge in [0.2, 0.25) is 5.91 Å². The van der Waals surface area contributed by atoms with Crippen LogP contribution < -0.4 is 10.5 Å². The standard InChI is InChI=1S/C20H21N3O2/c1-4-18-21-17-11-6-5-10-16(17)20(25)23(18)13-19(24)22(3)15-9-7-8-14(2)12-15/h5-12H,4,13H2,1-3H3. The van der Waals surface area contributed by atoms with Gasteiger partial charge >= 0.3 is 0 Å². The number of carbonyl (C=O) groups is 1. The van der Waals surface area contributed by atoms with Crippen LogP contribution in [-0.2, 0) is 17.8 Å². The molecule has 0 aliphatic rings. The Morgan fingerprint density at radius 2 is 1.92 bits per heavy atom. The van der Waals surface area contributed by atoms with Crippen molar-refractivity contribution in [3.05, 3.63) is 70.3 Å². The fourth-order valence-corrected chi connectivity index (χ4v) is 2.87. The predicted octanol–water partition coefficient (Wildman–Crippen LogP) is 2.93. The lowest BCUT2D eigenvalue weighted by Gasteiger charge is -2.19. The molecule has 0 atom stereocenters. The van der Waals surface area contributed by atoms with Gasteiger partial charge in [0, 0.05) is 19.2 Å². The number of hydrogen-bond donors (Lipinski definition) is 0. The first-order chi connectivity index (χ1) is 12.0. The molecule has 2 aromatic carbocycles. The smallest absolute Gasteiger partial charge is 0.261 e. The number of aromatic nitrogens is 2. The zero-order valence-corrected chi connectivity index (χ0v) is 14.7. The van der Waals surface area contributed by atoms with Gasteiger partial charge in [-0.15, -0.1) is 0 Å². The van der Waals surface area contributed by atoms with E-state index in [-0.39, 0.29) is 18.0 Å². The molecule has 0 aliphatic carbocycles. The van der Waals surface area contributed by atoms with Crippen LogP contribution in [0.25, 0.3) is 10.9 Å². The molecule has 0 bridgehead atoms. The van der Waals surface area contributed by atoms with Crippen LogP contribution in [0.15, 0.2) is 53.3 Å². The van der Waals surface area contributed by atoms with Gasteiger partial charge in [0.25, 0.3) is 5.56 Å². The molecule has 1 amide bonds. The third kappa shape index (κ3) is 3.31. The summed E-state index contributed by atoms with van der Waals surface area (Å²) in [4.78, 5) is 31.7. The van der Waals surface area contributed by atoms with Crippen molar-refractivity contribution in [2.45, 2.75) is 26.8 Å². The first-order valence-corrected chi connectivity index (χ1v) is 8.33. The summed E-state index contributed by atoms with van der Waals surface area (Å²) in [5, 5.41) is 0.533. The molecule has 0 saturated heterocycles. The van der Waals surface area contributed by atoms with Crippen molar-refractivity contribution in [3.8, 4) is 0 Å². The van der Waals surface area contributed by atoms with Crippen molar-refractivity contribution in [2.24, 2.45) is 0 Å². The second kappa shape index (κ2) is 6.89. The largest absolute Gasteiger partial charge is 0.314 e. The fraction of sp³-hybridized carbons (Fsp3) is 0.250. The maximum Gasteiger partial charge on any atom is 0.261 e. The molecule has 0 fully saturated rings. The average molecular weight is 335 g/mol. The highest BCUT2D eigenvalue weighted by Crippen LogP contribution is 2.15. The minimum Gasteiger partial charge on any atom is -0.314 e. The van der Waals surface area contributed by atoms with Crippen LogP contribution in [0, 0.1) is 6.92 Å². The Balaban J connectivity index is 1.98. The number of fused-ring (bicyclic) bond motifs is 1. The van der Waals surface area contributed by atoms with E-state index in [4.69, 9.17) is 0 Å². The summed E-state index contributed by atoms with van der Waals surface area (Å²) in [6.07, 6.45) is 0.585. The fourth-order valence-electron chi connectivity index (χ4n) is 2.87. The lowest BCUT2D eigenvalue weighted by molar-refractivity contribution is -0.119. The first kappa shape index (κ1) is 16.9. The van der Waals surface area contributed by atoms with Gasteiger partial charge in [-0.2, -0.15) is 0 Å². The van der Waals surface area contributed by atoms with Crippen LogP contribution in [0.3, 0.4) is 0 Å². The normalized spacial score (nSPS) is 10.8. The number of hydrogen-bond acceptors (Lipinski definition) is 3. The number of likely N-dealkylation sites (N-methyl/N-ethyl adjacent to an activating group) is 1. The Labute approximate surface area is 146 Å². The number of para-hydroxylation sites is 1. The monoisotopic (exact) mass is 335 g/mol. The molecule has 25 heavy (non-hydrogen) atoms. The summed E-state index contributed by atoms with van der Waals surface area (Å²) in [7, 11) is 1.72. The molecule has 0 radical (unpaired) electrons. The van der Waals surface area contributed by atoms with Gasteiger partial charge in [-0.05, 0) is 36.8 Å². The Kier molecular flexibility index (Phi) is 4.65. The summed E-state index contributed by atoms with van der Waals surface area (Å²) in [5.74, 6) is 0.467. The first-order valence-electron chi connectivity index (χ1n) is 8.33. The van der Waals surface area contributed by atoms with E-state index >= 15 is 0 Å². The topological polar surface area (TPSA) is 55.2 Å². The summed E-state index contributed by atoms with van der Waals surface area (Å²) < 4.78 is 1.48. The van der Waals surface area contributed by atoms with E-state index in [0.717, 1.165) is 11.3 Å². The SMILES string of the molecule is CCc1nc2ccccc2c(=O)n1CC(=O)N(C)c1cccc(C)c1. The van der Waals surface area contributed by atoms with E-state index in [1.165, 1.54) is 4.57 Å². The van der Waals surface area contributed by atoms with E-state index in [2.05, 4.69) is 4.98 Å². The van der Waals surface area contributed by atoms with E-state index in [1.807, 2.05) is 56.3 Å². The summed E-state index contributed by atoms with van der Waals surface area (Å²) >= 11 is 0. The molecule has 0 saturated carbocycles. The predicted molar refractivity (Wildman–Crippen MR) is 100.0 cm³/mol. The van der Waals surface area contributed by atoms with Gasteiger partial charge in [0.15, 0.2) is 0 Å². The van der Waals surface area contributed by atoms with Crippen LogP contribution >= 0.6 is 0 Å². The molecular formula is C20H21N3O2. The second-order valence-electron chi connectivity index (χ2n) is 6.08. The molecular weight excluding hydrogens is 314 g/mol. The zero-order chi connectivity index (χ0) is 18.0. The molecule has 1 heterocycles. The van der Waals surface area contributed by atoms with E-state index in [0.29, 0.717) is 23.1 Å². The number of amides is 1. The summed E-state index contributed by atoms with van der Waals surface area (Å²) in [6.45, 7) is 3.89. The molecule has 1 aromatic heterocycles. The number of nitrogens with zero attached hydrogens (tertiary/aromatic N) is 3. The van der Waals surface area contributed by atoms with Gasteiger partial charge in [-0.3, -0.25) is 14.2 Å². The van der Waals surface area contributed by atoms with E-state index in [9.17, 15) is 9.59 Å². The summed E-state index contributed by atoms with van der Waals surface area (Å²) in [6, 6.07) is 14.9. The minimum atomic E-state index is -0.173. The van der Waals surface area contributed by atoms with Crippen LogP contribution in [0.2, 0.25) is 0 Å². The lowest BCUT2D eigenvalue weighted by Crippen LogP contribution is -2.35. The maximum atomic E-state index is 12.8. The highest BCUT2D eigenvalue weighted by atomic mass is 16.2. The second-order valence-corrected chi connectivity index (χ2v) is 6.08. The molecule has 0 N–H and O–H groups in total. The molecule has 0 aliphatic heterocycles. The molecule has 128 valence electrons. The van der Waals surface area contributed by atoms with Gasteiger partial charge < -0.3 is 4.90 Å². The molecule has 3 rings (SSSR count). The van der Waals surface area contributed by atoms with Crippen LogP contribution in [-0.4, -0.2) is 22.5 Å². The van der Waals surface area contributed by atoms with E-state index in [1.54, 1.807) is 18.0 Å². The van der Waals surface area contributed by atoms with Gasteiger partial charge in [0.05, 0.1) is 10.9 Å². The van der Waals surface area contributed by atoms with Crippen LogP contribution in [0.4, 0.5) is 5.69 Å². The molecule has 5 heteroatoms. The maximum absolute atomic E-state index is 12.8. The van der Waals surface area contributed by atoms with Crippen molar-refractivity contribution in [3.63, 3.8) is 0 Å². The van der Waals surface area contributed by atoms with Crippen molar-refractivity contribution in [1.82, 2.24) is 9.55 Å². The Morgan fingerprint density at radius 3 is 2.64 bits per heavy atom. The molecule has 5 nitrogen and oxygen atoms in total. The molecule has 0 spiro atoms. The van der Waals surface area contributed by atoms with E-state index < -0.39 is 0 Å². The van der Waals surface area contributed by atoms with Crippen molar-refractivity contribution < 1.29 is 4.79 Å². The molecule has 0 unspecified atom stereocenters. The lowest BCUT2D eigenvalue weighted by atomic mass is 10.2. The Morgan fingerprint density at radius 1 is 1.16 bits per heavy atom. The van der Waals surface area contributed by atoms with Gasteiger partial charge in [-0.25, -0.2) is 4.98 Å². The summed E-state index contributed by atoms with van der Waals surface area (Å²) in [5.41, 5.74) is 2.38. The number of rotatable bonds is 4. The number of aryl methyl sites for hydroxylation is 2. The highest BCUT2D eigenvalue weighted by molar-refractivity contribution is 5.93. The average Bonchev–Trinajstić information content (AvgIpc) is 2.63. The quantitative estimate of drug-likeness (QED) is 0.736. The third-order valence-corrected chi connectivity index (χ3v) is 4.31. The van der Waals surface area contributed by atoms with Crippen LogP contribution in [0.1, 0.15) is 18.3 Å². The van der Waals surface area contributed by atoms with Crippen LogP contribution in [0.5, 0.6) is 0 Å². The Hall–Kier alpha value is -2.95. The number of benzene rings is 2. The van der Waals surface area contributed by atoms with Gasteiger partial charge in [0.1, 0.15) is 12.4 Å². The van der Waals surface area contributed by atoms with Crippen molar-refractivity contribution in [1.29, 1.82) is 0 Å². The van der Waals surface area contributed by atoms with Crippen molar-refractivity contribution >= 4 is 22.5 Å². The number of anilines is 1. The zero-order valence-electron chi connectivity index (χ0n) is 14.7. The van der Waals surface area contributed by atoms with Gasteiger partial charge in [-0.1, -0.05) is 31.2 Å². The minimum absolute atomic E-state index is 0.0235.